The van der Waals surface area contributed by atoms with Gasteiger partial charge in [0, 0.05) is 59.5 Å². The maximum absolute atomic E-state index is 13.7. The summed E-state index contributed by atoms with van der Waals surface area (Å²) in [7, 11) is 1.61. The molecule has 0 spiro atoms. The third-order valence-electron chi connectivity index (χ3n) is 11.3. The zero-order chi connectivity index (χ0) is 42.7. The first-order valence-electron chi connectivity index (χ1n) is 21.9. The van der Waals surface area contributed by atoms with Crippen LogP contribution in [0.4, 0.5) is 20.7 Å². The number of unbranched alkanes of at least 4 members (excludes halogenated alkanes) is 5. The normalized spacial score (nSPS) is 17.6. The van der Waals surface area contributed by atoms with Gasteiger partial charge in [0.1, 0.15) is 5.82 Å². The second kappa shape index (κ2) is 25.0. The van der Waals surface area contributed by atoms with Crippen molar-refractivity contribution in [3.63, 3.8) is 0 Å². The lowest BCUT2D eigenvalue weighted by molar-refractivity contribution is -0.121. The Bertz CT molecular complexity index is 1830. The minimum absolute atomic E-state index is 0.0146. The minimum atomic E-state index is -0.315. The second-order valence-corrected chi connectivity index (χ2v) is 18.3. The number of H-pyrrole nitrogens is 1. The number of hydrogen-bond donors (Lipinski definition) is 6. The Balaban J connectivity index is 0.000000774. The quantitative estimate of drug-likeness (QED) is 0.0283. The number of urea groups is 1. The molecule has 330 valence electrons. The Hall–Kier alpha value is -4.11. The third kappa shape index (κ3) is 14.5. The largest absolute Gasteiger partial charge is 0.493 e. The molecule has 1 aliphatic carbocycles. The van der Waals surface area contributed by atoms with E-state index < -0.39 is 0 Å². The van der Waals surface area contributed by atoms with Crippen molar-refractivity contribution in [2.75, 3.05) is 49.4 Å². The lowest BCUT2D eigenvalue weighted by Gasteiger charge is -2.16. The molecule has 0 bridgehead atoms. The molecule has 4 atom stereocenters. The van der Waals surface area contributed by atoms with Crippen LogP contribution in [0.3, 0.4) is 0 Å². The summed E-state index contributed by atoms with van der Waals surface area (Å²) < 4.78 is 25.4. The number of rotatable bonds is 25. The van der Waals surface area contributed by atoms with E-state index in [-0.39, 0.29) is 35.7 Å². The molecule has 0 saturated carbocycles. The fourth-order valence-electron chi connectivity index (χ4n) is 7.62. The molecule has 4 amide bonds. The lowest BCUT2D eigenvalue weighted by Crippen LogP contribution is -2.36. The third-order valence-corrected chi connectivity index (χ3v) is 13.7. The molecule has 0 radical (unpaired) electrons. The van der Waals surface area contributed by atoms with Gasteiger partial charge in [0.05, 0.1) is 37.2 Å². The van der Waals surface area contributed by atoms with Gasteiger partial charge in [-0.25, -0.2) is 9.18 Å². The molecular weight excluding hydrogens is 802 g/mol. The number of carbonyl (C=O) groups excluding carboxylic acids is 3. The highest BCUT2D eigenvalue weighted by molar-refractivity contribution is 8.00. The summed E-state index contributed by atoms with van der Waals surface area (Å²) in [6.07, 6.45) is 13.4. The predicted octanol–water partition coefficient (Wildman–Crippen LogP) is 8.73. The standard InChI is InChI=1S/C37H48FN7O5S2.C8H18/c1-49-29-20-26-23(17-27-34(26)44-45-36(27)41-25-10-8-9-24(38)19-25)18-30(29)50-15-16-51-22-33(47)40-14-7-3-2-6-13-39-32(46)12-5-4-11-31-35-28(21-52-31)42-37(48)43-35;1-4-6-7-8(3)5-2/h8-10,18-20,28,31,35H,2-7,11-17,21-22H2,1H3,(H,39,46)(H,40,47)(H2,41,44,45)(H2,42,43,48);8H,4-7H2,1-3H3. The number of anilines is 2. The van der Waals surface area contributed by atoms with Crippen LogP contribution in [0.2, 0.25) is 0 Å². The fraction of sp³-hybridized carbons (Fsp3) is 0.600. The molecule has 3 heterocycles. The fourth-order valence-corrected chi connectivity index (χ4v) is 9.79. The van der Waals surface area contributed by atoms with Crippen LogP contribution in [-0.4, -0.2) is 89.4 Å². The Morgan fingerprint density at radius 1 is 1.00 bits per heavy atom. The Labute approximate surface area is 364 Å². The number of aromatic nitrogens is 2. The highest BCUT2D eigenvalue weighted by atomic mass is 32.2. The Morgan fingerprint density at radius 2 is 1.80 bits per heavy atom. The van der Waals surface area contributed by atoms with Crippen LogP contribution in [0.5, 0.6) is 11.5 Å². The summed E-state index contributed by atoms with van der Waals surface area (Å²) in [6, 6.07) is 10.6. The number of carbonyl (C=O) groups is 3. The Kier molecular flexibility index (Phi) is 19.5. The molecular formula is C45H66FN7O5S2. The van der Waals surface area contributed by atoms with Crippen LogP contribution in [0.1, 0.15) is 109 Å². The molecule has 2 aromatic carbocycles. The number of methoxy groups -OCH3 is 1. The number of halogens is 1. The van der Waals surface area contributed by atoms with Crippen LogP contribution < -0.4 is 36.1 Å². The molecule has 15 heteroatoms. The number of nitrogens with one attached hydrogen (secondary N) is 6. The van der Waals surface area contributed by atoms with Crippen molar-refractivity contribution in [3.05, 3.63) is 53.3 Å². The molecule has 3 aromatic rings. The van der Waals surface area contributed by atoms with Crippen LogP contribution in [0, 0.1) is 11.7 Å². The summed E-state index contributed by atoms with van der Waals surface area (Å²) in [5.41, 5.74) is 4.60. The van der Waals surface area contributed by atoms with Crippen molar-refractivity contribution in [1.82, 2.24) is 31.5 Å². The maximum Gasteiger partial charge on any atom is 0.315 e. The Morgan fingerprint density at radius 3 is 2.55 bits per heavy atom. The average Bonchev–Trinajstić information content (AvgIpc) is 4.01. The number of thioether (sulfide) groups is 2. The summed E-state index contributed by atoms with van der Waals surface area (Å²) in [5.74, 6) is 4.67. The van der Waals surface area contributed by atoms with Gasteiger partial charge in [0.2, 0.25) is 11.8 Å². The van der Waals surface area contributed by atoms with Crippen molar-refractivity contribution in [3.8, 4) is 22.8 Å². The topological polar surface area (TPSA) is 158 Å². The van der Waals surface area contributed by atoms with E-state index in [9.17, 15) is 18.8 Å². The van der Waals surface area contributed by atoms with E-state index in [1.165, 1.54) is 49.6 Å². The van der Waals surface area contributed by atoms with E-state index >= 15 is 0 Å². The highest BCUT2D eigenvalue weighted by Crippen LogP contribution is 2.44. The smallest absolute Gasteiger partial charge is 0.315 e. The van der Waals surface area contributed by atoms with Crippen molar-refractivity contribution < 1.29 is 28.2 Å². The van der Waals surface area contributed by atoms with Gasteiger partial charge in [-0.05, 0) is 67.5 Å². The van der Waals surface area contributed by atoms with Gasteiger partial charge >= 0.3 is 6.03 Å². The number of hydrogen-bond acceptors (Lipinski definition) is 9. The molecule has 60 heavy (non-hydrogen) atoms. The molecule has 3 aliphatic rings. The molecule has 2 aliphatic heterocycles. The number of fused-ring (bicyclic) bond motifs is 4. The molecule has 12 nitrogen and oxygen atoms in total. The van der Waals surface area contributed by atoms with Gasteiger partial charge < -0.3 is 36.1 Å². The van der Waals surface area contributed by atoms with Crippen LogP contribution >= 0.6 is 23.5 Å². The molecule has 1 aromatic heterocycles. The highest BCUT2D eigenvalue weighted by Gasteiger charge is 2.42. The second-order valence-electron chi connectivity index (χ2n) is 15.9. The van der Waals surface area contributed by atoms with Crippen molar-refractivity contribution in [2.45, 2.75) is 122 Å². The first-order valence-corrected chi connectivity index (χ1v) is 24.1. The zero-order valence-electron chi connectivity index (χ0n) is 35.9. The van der Waals surface area contributed by atoms with E-state index in [2.05, 4.69) is 57.6 Å². The number of nitrogens with zero attached hydrogens (tertiary/aromatic N) is 1. The first-order chi connectivity index (χ1) is 29.2. The average molecular weight is 868 g/mol. The van der Waals surface area contributed by atoms with Gasteiger partial charge in [-0.2, -0.15) is 16.9 Å². The number of aromatic amines is 1. The van der Waals surface area contributed by atoms with E-state index in [4.69, 9.17) is 9.47 Å². The molecule has 4 unspecified atom stereocenters. The number of amides is 4. The molecule has 6 N–H and O–H groups in total. The van der Waals surface area contributed by atoms with Gasteiger partial charge in [-0.3, -0.25) is 14.7 Å². The van der Waals surface area contributed by atoms with Gasteiger partial charge in [-0.1, -0.05) is 71.8 Å². The van der Waals surface area contributed by atoms with Crippen molar-refractivity contribution >= 4 is 52.9 Å². The summed E-state index contributed by atoms with van der Waals surface area (Å²) in [4.78, 5) is 36.0. The van der Waals surface area contributed by atoms with Crippen LogP contribution in [0.25, 0.3) is 11.3 Å². The van der Waals surface area contributed by atoms with E-state index in [1.807, 2.05) is 23.9 Å². The molecule has 2 fully saturated rings. The van der Waals surface area contributed by atoms with Crippen molar-refractivity contribution in [2.24, 2.45) is 5.92 Å². The predicted molar refractivity (Wildman–Crippen MR) is 243 cm³/mol. The van der Waals surface area contributed by atoms with E-state index in [1.54, 1.807) is 19.2 Å². The minimum Gasteiger partial charge on any atom is -0.493 e. The SMILES string of the molecule is CCCCC(C)CC.COc1cc2c(cc1OCCSCC(=O)NCCCCCCNC(=O)CCCCC1SCC3NC(=O)NC31)Cc1c(Nc3cccc(F)c3)n[nH]c1-2. The lowest BCUT2D eigenvalue weighted by atomic mass is 10.0. The van der Waals surface area contributed by atoms with Crippen LogP contribution in [-0.2, 0) is 16.0 Å². The zero-order valence-corrected chi connectivity index (χ0v) is 37.5. The van der Waals surface area contributed by atoms with E-state index in [0.717, 1.165) is 79.0 Å². The number of ether oxygens (including phenoxy) is 2. The van der Waals surface area contributed by atoms with Gasteiger partial charge in [0.25, 0.3) is 0 Å². The van der Waals surface area contributed by atoms with Crippen LogP contribution in [0.15, 0.2) is 36.4 Å². The monoisotopic (exact) mass is 867 g/mol. The summed E-state index contributed by atoms with van der Waals surface area (Å²) >= 11 is 3.43. The maximum atomic E-state index is 13.7. The summed E-state index contributed by atoms with van der Waals surface area (Å²) in [6.45, 7) is 8.61. The summed E-state index contributed by atoms with van der Waals surface area (Å²) in [5, 5.41) is 23.1. The molecule has 6 rings (SSSR count). The van der Waals surface area contributed by atoms with Gasteiger partial charge in [0.15, 0.2) is 17.3 Å². The van der Waals surface area contributed by atoms with Gasteiger partial charge in [-0.15, -0.1) is 11.8 Å². The first kappa shape index (κ1) is 46.9. The van der Waals surface area contributed by atoms with Crippen molar-refractivity contribution in [1.29, 1.82) is 0 Å². The molecule has 2 saturated heterocycles. The number of benzene rings is 2. The van der Waals surface area contributed by atoms with E-state index in [0.29, 0.717) is 72.3 Å².